The van der Waals surface area contributed by atoms with E-state index in [1.807, 2.05) is 53.4 Å². The number of nitrogens with zero attached hydrogens (tertiary/aromatic N) is 2. The van der Waals surface area contributed by atoms with Gasteiger partial charge in [-0.25, -0.2) is 0 Å². The van der Waals surface area contributed by atoms with Crippen LogP contribution in [0.5, 0.6) is 5.75 Å². The standard InChI is InChI=1S/C22H22N2O4/c1-27-16-10-8-15(9-11-16)14-24-18-7-3-2-6-17(18)22(21(24)26)19(28-22)20(25)23-12-4-5-13-23/h2-3,6-11,19H,4-5,12-14H2,1H3/t19-,22+/m0/s1. The smallest absolute Gasteiger partial charge is 0.267 e. The van der Waals surface area contributed by atoms with Crippen molar-refractivity contribution in [2.24, 2.45) is 0 Å². The molecule has 2 aromatic carbocycles. The van der Waals surface area contributed by atoms with Gasteiger partial charge < -0.3 is 19.3 Å². The average molecular weight is 378 g/mol. The molecule has 28 heavy (non-hydrogen) atoms. The molecule has 0 N–H and O–H groups in total. The zero-order valence-electron chi connectivity index (χ0n) is 15.8. The van der Waals surface area contributed by atoms with E-state index in [4.69, 9.17) is 9.47 Å². The zero-order chi connectivity index (χ0) is 19.3. The molecular weight excluding hydrogens is 356 g/mol. The molecule has 2 atom stereocenters. The first-order valence-corrected chi connectivity index (χ1v) is 9.66. The van der Waals surface area contributed by atoms with Gasteiger partial charge in [-0.15, -0.1) is 0 Å². The number of epoxide rings is 1. The van der Waals surface area contributed by atoms with Crippen molar-refractivity contribution in [2.75, 3.05) is 25.1 Å². The Balaban J connectivity index is 1.45. The van der Waals surface area contributed by atoms with Gasteiger partial charge in [-0.3, -0.25) is 9.59 Å². The second-order valence-corrected chi connectivity index (χ2v) is 7.52. The first kappa shape index (κ1) is 17.3. The Labute approximate surface area is 163 Å². The van der Waals surface area contributed by atoms with Crippen molar-refractivity contribution in [1.82, 2.24) is 4.90 Å². The van der Waals surface area contributed by atoms with Gasteiger partial charge in [0, 0.05) is 18.7 Å². The lowest BCUT2D eigenvalue weighted by atomic mass is 9.96. The van der Waals surface area contributed by atoms with Crippen LogP contribution in [-0.2, 0) is 26.5 Å². The van der Waals surface area contributed by atoms with E-state index in [1.54, 1.807) is 12.0 Å². The molecule has 0 bridgehead atoms. The van der Waals surface area contributed by atoms with E-state index in [9.17, 15) is 9.59 Å². The number of para-hydroxylation sites is 1. The molecule has 2 aromatic rings. The molecule has 144 valence electrons. The molecule has 0 saturated carbocycles. The molecule has 2 saturated heterocycles. The number of methoxy groups -OCH3 is 1. The minimum absolute atomic E-state index is 0.0630. The number of ether oxygens (including phenoxy) is 2. The monoisotopic (exact) mass is 378 g/mol. The van der Waals surface area contributed by atoms with Crippen molar-refractivity contribution < 1.29 is 19.1 Å². The molecule has 3 aliphatic heterocycles. The highest BCUT2D eigenvalue weighted by Gasteiger charge is 2.73. The van der Waals surface area contributed by atoms with E-state index < -0.39 is 11.7 Å². The van der Waals surface area contributed by atoms with Crippen molar-refractivity contribution in [1.29, 1.82) is 0 Å². The number of carbonyl (C=O) groups is 2. The first-order chi connectivity index (χ1) is 13.6. The number of likely N-dealkylation sites (tertiary alicyclic amines) is 1. The summed E-state index contributed by atoms with van der Waals surface area (Å²) in [4.78, 5) is 29.8. The Kier molecular flexibility index (Phi) is 3.91. The number of benzene rings is 2. The summed E-state index contributed by atoms with van der Waals surface area (Å²) in [6.07, 6.45) is 1.32. The number of carbonyl (C=O) groups excluding carboxylic acids is 2. The molecule has 0 radical (unpaired) electrons. The van der Waals surface area contributed by atoms with Crippen LogP contribution >= 0.6 is 0 Å². The molecule has 0 aromatic heterocycles. The van der Waals surface area contributed by atoms with Gasteiger partial charge in [0.15, 0.2) is 6.10 Å². The van der Waals surface area contributed by atoms with Crippen molar-refractivity contribution in [3.05, 3.63) is 59.7 Å². The van der Waals surface area contributed by atoms with Crippen molar-refractivity contribution in [3.63, 3.8) is 0 Å². The van der Waals surface area contributed by atoms with Crippen molar-refractivity contribution >= 4 is 17.5 Å². The van der Waals surface area contributed by atoms with Crippen LogP contribution in [0.2, 0.25) is 0 Å². The number of rotatable bonds is 4. The summed E-state index contributed by atoms with van der Waals surface area (Å²) in [7, 11) is 1.63. The molecule has 0 aliphatic carbocycles. The van der Waals surface area contributed by atoms with Gasteiger partial charge in [0.2, 0.25) is 5.60 Å². The normalized spacial score (nSPS) is 25.3. The van der Waals surface area contributed by atoms with Crippen LogP contribution < -0.4 is 9.64 Å². The molecule has 3 aliphatic rings. The highest BCUT2D eigenvalue weighted by atomic mass is 16.6. The lowest BCUT2D eigenvalue weighted by molar-refractivity contribution is -0.132. The lowest BCUT2D eigenvalue weighted by Gasteiger charge is -2.18. The van der Waals surface area contributed by atoms with Crippen LogP contribution in [-0.4, -0.2) is 43.0 Å². The SMILES string of the molecule is COc1ccc(CN2C(=O)[C@@]3(O[C@H]3C(=O)N3CCCC3)c3ccccc32)cc1. The Morgan fingerprint density at radius 3 is 2.57 bits per heavy atom. The van der Waals surface area contributed by atoms with Crippen LogP contribution in [0.15, 0.2) is 48.5 Å². The molecule has 2 amide bonds. The average Bonchev–Trinajstić information content (AvgIpc) is 3.15. The van der Waals surface area contributed by atoms with Crippen LogP contribution in [0.1, 0.15) is 24.0 Å². The molecule has 5 rings (SSSR count). The summed E-state index contributed by atoms with van der Waals surface area (Å²) in [5, 5.41) is 0. The van der Waals surface area contributed by atoms with E-state index >= 15 is 0 Å². The van der Waals surface area contributed by atoms with Crippen LogP contribution in [0, 0.1) is 0 Å². The van der Waals surface area contributed by atoms with E-state index in [2.05, 4.69) is 0 Å². The fourth-order valence-corrected chi connectivity index (χ4v) is 4.37. The predicted octanol–water partition coefficient (Wildman–Crippen LogP) is 2.46. The summed E-state index contributed by atoms with van der Waals surface area (Å²) < 4.78 is 11.1. The van der Waals surface area contributed by atoms with Gasteiger partial charge in [0.1, 0.15) is 5.75 Å². The molecule has 6 heteroatoms. The molecule has 3 heterocycles. The van der Waals surface area contributed by atoms with Gasteiger partial charge >= 0.3 is 0 Å². The van der Waals surface area contributed by atoms with Gasteiger partial charge in [-0.1, -0.05) is 30.3 Å². The fourth-order valence-electron chi connectivity index (χ4n) is 4.37. The van der Waals surface area contributed by atoms with Gasteiger partial charge in [-0.05, 0) is 36.6 Å². The maximum atomic E-state index is 13.4. The van der Waals surface area contributed by atoms with E-state index in [-0.39, 0.29) is 11.8 Å². The van der Waals surface area contributed by atoms with Crippen LogP contribution in [0.3, 0.4) is 0 Å². The molecule has 0 unspecified atom stereocenters. The minimum Gasteiger partial charge on any atom is -0.497 e. The highest BCUT2D eigenvalue weighted by Crippen LogP contribution is 2.56. The first-order valence-electron chi connectivity index (χ1n) is 9.66. The Bertz CT molecular complexity index is 936. The highest BCUT2D eigenvalue weighted by molar-refractivity contribution is 6.13. The third kappa shape index (κ3) is 2.44. The maximum Gasteiger partial charge on any atom is 0.267 e. The predicted molar refractivity (Wildman–Crippen MR) is 103 cm³/mol. The summed E-state index contributed by atoms with van der Waals surface area (Å²) >= 11 is 0. The van der Waals surface area contributed by atoms with Crippen LogP contribution in [0.25, 0.3) is 0 Å². The second kappa shape index (κ2) is 6.34. The minimum atomic E-state index is -1.15. The topological polar surface area (TPSA) is 62.4 Å². The summed E-state index contributed by atoms with van der Waals surface area (Å²) in [5.41, 5.74) is 1.46. The zero-order valence-corrected chi connectivity index (χ0v) is 15.8. The van der Waals surface area contributed by atoms with E-state index in [0.717, 1.165) is 48.5 Å². The number of hydrogen-bond donors (Lipinski definition) is 0. The third-order valence-electron chi connectivity index (χ3n) is 5.92. The molecular formula is C22H22N2O4. The number of hydrogen-bond acceptors (Lipinski definition) is 4. The van der Waals surface area contributed by atoms with Crippen molar-refractivity contribution in [2.45, 2.75) is 31.1 Å². The maximum absolute atomic E-state index is 13.4. The van der Waals surface area contributed by atoms with E-state index in [1.165, 1.54) is 0 Å². The lowest BCUT2D eigenvalue weighted by Crippen LogP contribution is -2.39. The molecule has 6 nitrogen and oxygen atoms in total. The molecule has 2 fully saturated rings. The van der Waals surface area contributed by atoms with Gasteiger partial charge in [0.25, 0.3) is 11.8 Å². The number of amides is 2. The Morgan fingerprint density at radius 2 is 1.86 bits per heavy atom. The number of fused-ring (bicyclic) bond motifs is 2. The summed E-state index contributed by atoms with van der Waals surface area (Å²) in [5.74, 6) is 0.559. The molecule has 1 spiro atoms. The number of anilines is 1. The fraction of sp³-hybridized carbons (Fsp3) is 0.364. The van der Waals surface area contributed by atoms with Crippen LogP contribution in [0.4, 0.5) is 5.69 Å². The van der Waals surface area contributed by atoms with Gasteiger partial charge in [-0.2, -0.15) is 0 Å². The van der Waals surface area contributed by atoms with Crippen molar-refractivity contribution in [3.8, 4) is 5.75 Å². The van der Waals surface area contributed by atoms with E-state index in [0.29, 0.717) is 6.54 Å². The largest absolute Gasteiger partial charge is 0.497 e. The summed E-state index contributed by atoms with van der Waals surface area (Å²) in [6.45, 7) is 1.93. The quantitative estimate of drug-likeness (QED) is 0.767. The Hall–Kier alpha value is -2.86. The second-order valence-electron chi connectivity index (χ2n) is 7.52. The van der Waals surface area contributed by atoms with Gasteiger partial charge in [0.05, 0.1) is 19.3 Å². The third-order valence-corrected chi connectivity index (χ3v) is 5.92. The Morgan fingerprint density at radius 1 is 1.14 bits per heavy atom. The summed E-state index contributed by atoms with van der Waals surface area (Å²) in [6, 6.07) is 15.3.